The van der Waals surface area contributed by atoms with Crippen LogP contribution in [-0.2, 0) is 0 Å². The van der Waals surface area contributed by atoms with E-state index in [4.69, 9.17) is 23.2 Å². The molecule has 9 heteroatoms. The fraction of sp³-hybridized carbons (Fsp3) is 0.300. The van der Waals surface area contributed by atoms with Gasteiger partial charge in [-0.25, -0.2) is 9.37 Å². The molecule has 0 saturated heterocycles. The summed E-state index contributed by atoms with van der Waals surface area (Å²) in [4.78, 5) is 21.4. The van der Waals surface area contributed by atoms with E-state index in [0.717, 1.165) is 13.1 Å². The number of anilines is 1. The molecule has 0 aliphatic carbocycles. The molecule has 1 heterocycles. The number of rotatable bonds is 7. The van der Waals surface area contributed by atoms with Crippen LogP contribution in [0.4, 0.5) is 9.52 Å². The lowest BCUT2D eigenvalue weighted by Crippen LogP contribution is -2.38. The minimum atomic E-state index is -0.401. The van der Waals surface area contributed by atoms with Crippen LogP contribution in [0.5, 0.6) is 0 Å². The molecular formula is C20H21Cl3FN3OS. The highest BCUT2D eigenvalue weighted by atomic mass is 35.5. The third kappa shape index (κ3) is 5.58. The maximum Gasteiger partial charge on any atom is 0.260 e. The second kappa shape index (κ2) is 10.5. The number of aromatic nitrogens is 1. The molecule has 29 heavy (non-hydrogen) atoms. The topological polar surface area (TPSA) is 36.4 Å². The highest BCUT2D eigenvalue weighted by molar-refractivity contribution is 7.22. The summed E-state index contributed by atoms with van der Waals surface area (Å²) in [7, 11) is 0. The van der Waals surface area contributed by atoms with Gasteiger partial charge in [0.15, 0.2) is 5.13 Å². The average Bonchev–Trinajstić information content (AvgIpc) is 3.09. The number of likely N-dealkylation sites (N-methyl/N-ethyl adjacent to an activating group) is 1. The number of hydrogen-bond acceptors (Lipinski definition) is 4. The van der Waals surface area contributed by atoms with E-state index in [1.807, 2.05) is 0 Å². The molecule has 0 spiro atoms. The summed E-state index contributed by atoms with van der Waals surface area (Å²) >= 11 is 13.4. The lowest BCUT2D eigenvalue weighted by atomic mass is 10.2. The smallest absolute Gasteiger partial charge is 0.260 e. The molecule has 0 aliphatic heterocycles. The SMILES string of the molecule is CCN(CC)CCN(C(=O)c1cc(Cl)cc(Cl)c1)c1nc2c(F)cccc2s1.Cl. The van der Waals surface area contributed by atoms with E-state index in [1.165, 1.54) is 17.4 Å². The van der Waals surface area contributed by atoms with Gasteiger partial charge >= 0.3 is 0 Å². The van der Waals surface area contributed by atoms with Crippen LogP contribution in [0.1, 0.15) is 24.2 Å². The number of carbonyl (C=O) groups excluding carboxylic acids is 1. The number of nitrogens with zero attached hydrogens (tertiary/aromatic N) is 3. The van der Waals surface area contributed by atoms with Gasteiger partial charge in [0.1, 0.15) is 11.3 Å². The first-order chi connectivity index (χ1) is 13.4. The summed E-state index contributed by atoms with van der Waals surface area (Å²) in [6.07, 6.45) is 0. The molecule has 0 atom stereocenters. The number of amides is 1. The minimum absolute atomic E-state index is 0. The van der Waals surface area contributed by atoms with Crippen LogP contribution in [0.3, 0.4) is 0 Å². The van der Waals surface area contributed by atoms with Crippen molar-refractivity contribution >= 4 is 68.2 Å². The monoisotopic (exact) mass is 475 g/mol. The van der Waals surface area contributed by atoms with Crippen LogP contribution >= 0.6 is 46.9 Å². The number of thiazole rings is 1. The Morgan fingerprint density at radius 2 is 1.76 bits per heavy atom. The summed E-state index contributed by atoms with van der Waals surface area (Å²) < 4.78 is 14.8. The molecule has 1 aromatic heterocycles. The predicted molar refractivity (Wildman–Crippen MR) is 123 cm³/mol. The van der Waals surface area contributed by atoms with Crippen molar-refractivity contribution in [1.82, 2.24) is 9.88 Å². The summed E-state index contributed by atoms with van der Waals surface area (Å²) in [6.45, 7) is 6.97. The standard InChI is InChI=1S/C20H20Cl2FN3OS.ClH/c1-3-25(4-2)8-9-26(19(27)13-10-14(21)12-15(22)11-13)20-24-18-16(23)6-5-7-17(18)28-20;/h5-7,10-12H,3-4,8-9H2,1-2H3;1H. The van der Waals surface area contributed by atoms with E-state index in [2.05, 4.69) is 23.7 Å². The van der Waals surface area contributed by atoms with Gasteiger partial charge in [-0.2, -0.15) is 0 Å². The predicted octanol–water partition coefficient (Wildman–Crippen LogP) is 6.15. The van der Waals surface area contributed by atoms with E-state index in [-0.39, 0.29) is 23.8 Å². The Balaban J connectivity index is 0.00000300. The molecule has 0 aliphatic rings. The number of halogens is 4. The Morgan fingerprint density at radius 3 is 2.34 bits per heavy atom. The summed E-state index contributed by atoms with van der Waals surface area (Å²) in [5.74, 6) is -0.669. The first-order valence-corrected chi connectivity index (χ1v) is 10.6. The molecule has 3 aromatic rings. The van der Waals surface area contributed by atoms with Gasteiger partial charge in [-0.05, 0) is 43.4 Å². The van der Waals surface area contributed by atoms with Gasteiger partial charge in [-0.15, -0.1) is 12.4 Å². The highest BCUT2D eigenvalue weighted by Gasteiger charge is 2.23. The van der Waals surface area contributed by atoms with Crippen molar-refractivity contribution in [3.8, 4) is 0 Å². The second-order valence-electron chi connectivity index (χ2n) is 6.22. The molecule has 2 aromatic carbocycles. The molecule has 3 rings (SSSR count). The van der Waals surface area contributed by atoms with Gasteiger partial charge < -0.3 is 4.90 Å². The number of carbonyl (C=O) groups is 1. The summed E-state index contributed by atoms with van der Waals surface area (Å²) in [5.41, 5.74) is 0.643. The fourth-order valence-corrected chi connectivity index (χ4v) is 4.45. The Kier molecular flexibility index (Phi) is 8.67. The van der Waals surface area contributed by atoms with Gasteiger partial charge in [-0.1, -0.05) is 54.5 Å². The average molecular weight is 477 g/mol. The van der Waals surface area contributed by atoms with Crippen molar-refractivity contribution in [2.75, 3.05) is 31.1 Å². The van der Waals surface area contributed by atoms with Crippen LogP contribution in [0.25, 0.3) is 10.2 Å². The molecule has 4 nitrogen and oxygen atoms in total. The van der Waals surface area contributed by atoms with E-state index < -0.39 is 5.82 Å². The maximum absolute atomic E-state index is 14.1. The van der Waals surface area contributed by atoms with Crippen LogP contribution in [0.2, 0.25) is 10.0 Å². The van der Waals surface area contributed by atoms with Crippen LogP contribution in [0.15, 0.2) is 36.4 Å². The molecule has 0 N–H and O–H groups in total. The van der Waals surface area contributed by atoms with Gasteiger partial charge in [-0.3, -0.25) is 9.69 Å². The van der Waals surface area contributed by atoms with Crippen molar-refractivity contribution in [1.29, 1.82) is 0 Å². The van der Waals surface area contributed by atoms with Gasteiger partial charge in [0, 0.05) is 28.7 Å². The highest BCUT2D eigenvalue weighted by Crippen LogP contribution is 2.31. The molecule has 0 saturated carbocycles. The molecule has 0 unspecified atom stereocenters. The number of para-hydroxylation sites is 1. The zero-order valence-electron chi connectivity index (χ0n) is 16.0. The number of benzene rings is 2. The largest absolute Gasteiger partial charge is 0.302 e. The lowest BCUT2D eigenvalue weighted by Gasteiger charge is -2.24. The van der Waals surface area contributed by atoms with Crippen molar-refractivity contribution in [2.45, 2.75) is 13.8 Å². The summed E-state index contributed by atoms with van der Waals surface area (Å²) in [6, 6.07) is 9.53. The first-order valence-electron chi connectivity index (χ1n) is 8.98. The van der Waals surface area contributed by atoms with E-state index in [9.17, 15) is 9.18 Å². The quantitative estimate of drug-likeness (QED) is 0.410. The third-order valence-corrected chi connectivity index (χ3v) is 5.96. The Hall–Kier alpha value is -1.44. The van der Waals surface area contributed by atoms with Gasteiger partial charge in [0.2, 0.25) is 0 Å². The van der Waals surface area contributed by atoms with E-state index in [1.54, 1.807) is 35.2 Å². The van der Waals surface area contributed by atoms with Crippen molar-refractivity contribution in [2.24, 2.45) is 0 Å². The Bertz CT molecular complexity index is 974. The lowest BCUT2D eigenvalue weighted by molar-refractivity contribution is 0.0983. The first kappa shape index (κ1) is 23.8. The Labute approximate surface area is 189 Å². The number of fused-ring (bicyclic) bond motifs is 1. The van der Waals surface area contributed by atoms with Crippen LogP contribution in [0, 0.1) is 5.82 Å². The van der Waals surface area contributed by atoms with Crippen molar-refractivity contribution < 1.29 is 9.18 Å². The number of hydrogen-bond donors (Lipinski definition) is 0. The molecule has 0 bridgehead atoms. The van der Waals surface area contributed by atoms with E-state index >= 15 is 0 Å². The van der Waals surface area contributed by atoms with Gasteiger partial charge in [0.05, 0.1) is 4.70 Å². The maximum atomic E-state index is 14.1. The Morgan fingerprint density at radius 1 is 1.10 bits per heavy atom. The summed E-state index contributed by atoms with van der Waals surface area (Å²) in [5, 5.41) is 1.22. The van der Waals surface area contributed by atoms with Crippen molar-refractivity contribution in [3.05, 3.63) is 57.8 Å². The zero-order valence-corrected chi connectivity index (χ0v) is 19.1. The zero-order chi connectivity index (χ0) is 20.3. The molecule has 0 fully saturated rings. The van der Waals surface area contributed by atoms with Crippen LogP contribution in [-0.4, -0.2) is 42.0 Å². The van der Waals surface area contributed by atoms with Crippen LogP contribution < -0.4 is 4.90 Å². The molecule has 1 amide bonds. The minimum Gasteiger partial charge on any atom is -0.302 e. The van der Waals surface area contributed by atoms with Crippen molar-refractivity contribution in [3.63, 3.8) is 0 Å². The normalized spacial score (nSPS) is 11.0. The van der Waals surface area contributed by atoms with Gasteiger partial charge in [0.25, 0.3) is 5.91 Å². The molecule has 0 radical (unpaired) electrons. The van der Waals surface area contributed by atoms with E-state index in [0.29, 0.717) is 38.5 Å². The fourth-order valence-electron chi connectivity index (χ4n) is 2.92. The second-order valence-corrected chi connectivity index (χ2v) is 8.11. The molecule has 156 valence electrons. The molecular weight excluding hydrogens is 456 g/mol. The third-order valence-electron chi connectivity index (χ3n) is 4.48.